The average Bonchev–Trinajstić information content (AvgIpc) is 3.04. The van der Waals surface area contributed by atoms with E-state index in [1.165, 1.54) is 5.56 Å². The first-order valence-corrected chi connectivity index (χ1v) is 8.93. The van der Waals surface area contributed by atoms with Gasteiger partial charge in [-0.3, -0.25) is 9.69 Å². The van der Waals surface area contributed by atoms with Crippen LogP contribution in [-0.4, -0.2) is 35.0 Å². The van der Waals surface area contributed by atoms with Crippen molar-refractivity contribution in [1.82, 2.24) is 10.2 Å². The van der Waals surface area contributed by atoms with E-state index in [0.29, 0.717) is 12.3 Å². The molecule has 3 rings (SSSR count). The van der Waals surface area contributed by atoms with Gasteiger partial charge in [-0.15, -0.1) is 0 Å². The van der Waals surface area contributed by atoms with E-state index in [0.717, 1.165) is 31.6 Å². The Kier molecular flexibility index (Phi) is 5.71. The molecule has 0 aliphatic carbocycles. The summed E-state index contributed by atoms with van der Waals surface area (Å²) in [4.78, 5) is 14.7. The first-order valence-electron chi connectivity index (χ1n) is 8.93. The third kappa shape index (κ3) is 5.07. The van der Waals surface area contributed by atoms with Crippen molar-refractivity contribution in [3.8, 4) is 5.75 Å². The molecule has 0 unspecified atom stereocenters. The maximum absolute atomic E-state index is 12.3. The highest BCUT2D eigenvalue weighted by Crippen LogP contribution is 2.22. The first kappa shape index (κ1) is 17.5. The Labute approximate surface area is 149 Å². The predicted octanol–water partition coefficient (Wildman–Crippen LogP) is 2.96. The van der Waals surface area contributed by atoms with Crippen molar-refractivity contribution in [3.63, 3.8) is 0 Å². The fourth-order valence-electron chi connectivity index (χ4n) is 3.53. The maximum Gasteiger partial charge on any atom is 0.224 e. The number of hydrogen-bond donors (Lipinski definition) is 2. The molecule has 2 atom stereocenters. The summed E-state index contributed by atoms with van der Waals surface area (Å²) in [6, 6.07) is 17.6. The zero-order chi connectivity index (χ0) is 17.6. The molecule has 1 fully saturated rings. The number of phenolic OH excluding ortho intramolecular Hbond substituents is 1. The lowest BCUT2D eigenvalue weighted by Crippen LogP contribution is -2.40. The minimum atomic E-state index is 0.0135. The molecule has 2 N–H and O–H groups in total. The Hall–Kier alpha value is -2.33. The molecule has 0 aromatic heterocycles. The molecule has 1 saturated heterocycles. The molecular weight excluding hydrogens is 312 g/mol. The second kappa shape index (κ2) is 8.17. The monoisotopic (exact) mass is 338 g/mol. The molecule has 0 bridgehead atoms. The third-order valence-electron chi connectivity index (χ3n) is 4.93. The van der Waals surface area contributed by atoms with E-state index in [1.807, 2.05) is 12.1 Å². The highest BCUT2D eigenvalue weighted by atomic mass is 16.3. The number of carbonyl (C=O) groups excluding carboxylic acids is 1. The first-order chi connectivity index (χ1) is 12.1. The van der Waals surface area contributed by atoms with Crippen molar-refractivity contribution in [2.24, 2.45) is 5.92 Å². The van der Waals surface area contributed by atoms with Crippen molar-refractivity contribution in [2.45, 2.75) is 32.4 Å². The Balaban J connectivity index is 1.47. The Morgan fingerprint density at radius 1 is 1.20 bits per heavy atom. The number of carbonyl (C=O) groups is 1. The van der Waals surface area contributed by atoms with Gasteiger partial charge in [0, 0.05) is 19.1 Å². The van der Waals surface area contributed by atoms with Crippen LogP contribution in [0.1, 0.15) is 24.5 Å². The van der Waals surface area contributed by atoms with Gasteiger partial charge in [0.1, 0.15) is 5.75 Å². The van der Waals surface area contributed by atoms with Gasteiger partial charge in [0.25, 0.3) is 0 Å². The lowest BCUT2D eigenvalue weighted by molar-refractivity contribution is -0.121. The van der Waals surface area contributed by atoms with Crippen LogP contribution < -0.4 is 5.32 Å². The number of likely N-dealkylation sites (tertiary alicyclic amines) is 1. The maximum atomic E-state index is 12.3. The van der Waals surface area contributed by atoms with Crippen LogP contribution in [0.5, 0.6) is 5.75 Å². The summed E-state index contributed by atoms with van der Waals surface area (Å²) in [6.45, 7) is 5.16. The van der Waals surface area contributed by atoms with E-state index < -0.39 is 0 Å². The number of aromatic hydroxyl groups is 1. The van der Waals surface area contributed by atoms with Crippen molar-refractivity contribution < 1.29 is 9.90 Å². The molecule has 1 heterocycles. The van der Waals surface area contributed by atoms with Gasteiger partial charge in [0.2, 0.25) is 5.91 Å². The number of hydrogen-bond acceptors (Lipinski definition) is 3. The number of rotatable bonds is 6. The zero-order valence-corrected chi connectivity index (χ0v) is 14.7. The SMILES string of the molecule is C[C@@H](NC(=O)Cc1cccc(O)c1)[C@@H]1CCN(Cc2ccccc2)C1. The van der Waals surface area contributed by atoms with Gasteiger partial charge in [-0.05, 0) is 49.1 Å². The molecule has 1 aliphatic heterocycles. The number of benzene rings is 2. The fourth-order valence-corrected chi connectivity index (χ4v) is 3.53. The van der Waals surface area contributed by atoms with Crippen molar-refractivity contribution >= 4 is 5.91 Å². The molecule has 4 nitrogen and oxygen atoms in total. The standard InChI is InChI=1S/C21H26N2O2/c1-16(22-21(25)13-18-8-5-9-20(24)12-18)19-10-11-23(15-19)14-17-6-3-2-4-7-17/h2-9,12,16,19,24H,10-11,13-15H2,1H3,(H,22,25)/t16-,19-/m1/s1. The van der Waals surface area contributed by atoms with E-state index in [9.17, 15) is 9.90 Å². The topological polar surface area (TPSA) is 52.6 Å². The lowest BCUT2D eigenvalue weighted by atomic mass is 10.00. The predicted molar refractivity (Wildman–Crippen MR) is 99.2 cm³/mol. The summed E-state index contributed by atoms with van der Waals surface area (Å²) < 4.78 is 0. The van der Waals surface area contributed by atoms with Crippen LogP contribution >= 0.6 is 0 Å². The molecule has 4 heteroatoms. The molecule has 0 saturated carbocycles. The molecule has 0 spiro atoms. The van der Waals surface area contributed by atoms with E-state index in [2.05, 4.69) is 41.4 Å². The summed E-state index contributed by atoms with van der Waals surface area (Å²) in [5.41, 5.74) is 2.17. The molecule has 2 aromatic carbocycles. The van der Waals surface area contributed by atoms with Crippen LogP contribution in [0.4, 0.5) is 0 Å². The Bertz CT molecular complexity index is 702. The van der Waals surface area contributed by atoms with Gasteiger partial charge >= 0.3 is 0 Å². The van der Waals surface area contributed by atoms with E-state index >= 15 is 0 Å². The normalized spacial score (nSPS) is 18.8. The number of phenols is 1. The lowest BCUT2D eigenvalue weighted by Gasteiger charge is -2.22. The number of amides is 1. The minimum absolute atomic E-state index is 0.0135. The van der Waals surface area contributed by atoms with E-state index in [-0.39, 0.29) is 17.7 Å². The van der Waals surface area contributed by atoms with Crippen LogP contribution in [0, 0.1) is 5.92 Å². The van der Waals surface area contributed by atoms with Gasteiger partial charge in [0.05, 0.1) is 6.42 Å². The second-order valence-corrected chi connectivity index (χ2v) is 6.97. The molecule has 1 aliphatic rings. The van der Waals surface area contributed by atoms with Gasteiger partial charge in [-0.25, -0.2) is 0 Å². The van der Waals surface area contributed by atoms with Gasteiger partial charge in [-0.2, -0.15) is 0 Å². The molecule has 132 valence electrons. The van der Waals surface area contributed by atoms with Crippen LogP contribution in [-0.2, 0) is 17.8 Å². The van der Waals surface area contributed by atoms with Gasteiger partial charge in [-0.1, -0.05) is 42.5 Å². The second-order valence-electron chi connectivity index (χ2n) is 6.97. The Morgan fingerprint density at radius 2 is 1.96 bits per heavy atom. The average molecular weight is 338 g/mol. The zero-order valence-electron chi connectivity index (χ0n) is 14.7. The quantitative estimate of drug-likeness (QED) is 0.851. The van der Waals surface area contributed by atoms with Crippen molar-refractivity contribution in [1.29, 1.82) is 0 Å². The molecular formula is C21H26N2O2. The largest absolute Gasteiger partial charge is 0.508 e. The van der Waals surface area contributed by atoms with Crippen LogP contribution in [0.15, 0.2) is 54.6 Å². The van der Waals surface area contributed by atoms with E-state index in [4.69, 9.17) is 0 Å². The van der Waals surface area contributed by atoms with Crippen molar-refractivity contribution in [2.75, 3.05) is 13.1 Å². The van der Waals surface area contributed by atoms with Crippen molar-refractivity contribution in [3.05, 3.63) is 65.7 Å². The van der Waals surface area contributed by atoms with Gasteiger partial charge in [0.15, 0.2) is 0 Å². The molecule has 0 radical (unpaired) electrons. The summed E-state index contributed by atoms with van der Waals surface area (Å²) in [5.74, 6) is 0.696. The molecule has 25 heavy (non-hydrogen) atoms. The van der Waals surface area contributed by atoms with Crippen LogP contribution in [0.25, 0.3) is 0 Å². The summed E-state index contributed by atoms with van der Waals surface area (Å²) >= 11 is 0. The summed E-state index contributed by atoms with van der Waals surface area (Å²) in [6.07, 6.45) is 1.42. The minimum Gasteiger partial charge on any atom is -0.508 e. The third-order valence-corrected chi connectivity index (χ3v) is 4.93. The molecule has 2 aromatic rings. The fraction of sp³-hybridized carbons (Fsp3) is 0.381. The summed E-state index contributed by atoms with van der Waals surface area (Å²) in [5, 5.41) is 12.6. The van der Waals surface area contributed by atoms with Gasteiger partial charge < -0.3 is 10.4 Å². The van der Waals surface area contributed by atoms with Crippen LogP contribution in [0.3, 0.4) is 0 Å². The Morgan fingerprint density at radius 3 is 2.72 bits per heavy atom. The van der Waals surface area contributed by atoms with E-state index in [1.54, 1.807) is 18.2 Å². The summed E-state index contributed by atoms with van der Waals surface area (Å²) in [7, 11) is 0. The van der Waals surface area contributed by atoms with Crippen LogP contribution in [0.2, 0.25) is 0 Å². The molecule has 1 amide bonds. The highest BCUT2D eigenvalue weighted by molar-refractivity contribution is 5.79. The number of nitrogens with zero attached hydrogens (tertiary/aromatic N) is 1. The number of nitrogens with one attached hydrogen (secondary N) is 1. The smallest absolute Gasteiger partial charge is 0.224 e. The highest BCUT2D eigenvalue weighted by Gasteiger charge is 2.27.